The lowest BCUT2D eigenvalue weighted by atomic mass is 10.0. The molecule has 0 radical (unpaired) electrons. The van der Waals surface area contributed by atoms with Crippen molar-refractivity contribution in [2.45, 2.75) is 220 Å². The van der Waals surface area contributed by atoms with E-state index in [0.29, 0.717) is 0 Å². The van der Waals surface area contributed by atoms with Crippen molar-refractivity contribution in [1.29, 1.82) is 0 Å². The second kappa shape index (κ2) is 29.6. The first-order valence-corrected chi connectivity index (χ1v) is 18.8. The summed E-state index contributed by atoms with van der Waals surface area (Å²) in [5.41, 5.74) is 3.20. The third kappa shape index (κ3) is 23.8. The quantitative estimate of drug-likeness (QED) is 0.0632. The van der Waals surface area contributed by atoms with Gasteiger partial charge in [0.25, 0.3) is 0 Å². The summed E-state index contributed by atoms with van der Waals surface area (Å²) in [6, 6.07) is 2.56. The summed E-state index contributed by atoms with van der Waals surface area (Å²) in [5.74, 6) is 0. The molecule has 1 rings (SSSR count). The fourth-order valence-electron chi connectivity index (χ4n) is 6.24. The van der Waals surface area contributed by atoms with Gasteiger partial charge in [0, 0.05) is 17.5 Å². The number of aryl methyl sites for hydroxylation is 3. The molecule has 1 nitrogen and oxygen atoms in total. The van der Waals surface area contributed by atoms with Gasteiger partial charge in [-0.2, -0.15) is 0 Å². The molecule has 0 bridgehead atoms. The molecule has 1 heterocycles. The molecule has 0 unspecified atom stereocenters. The lowest BCUT2D eigenvalue weighted by molar-refractivity contribution is -0.698. The molecule has 234 valence electrons. The zero-order valence-corrected chi connectivity index (χ0v) is 28.1. The number of nitrogens with zero attached hydrogens (tertiary/aromatic N) is 1. The van der Waals surface area contributed by atoms with Crippen LogP contribution in [-0.2, 0) is 19.4 Å². The molecule has 0 spiro atoms. The Morgan fingerprint density at radius 2 is 0.625 bits per heavy atom. The maximum Gasteiger partial charge on any atom is 0.171 e. The predicted molar refractivity (Wildman–Crippen MR) is 180 cm³/mol. The Bertz CT molecular complexity index is 593. The minimum absolute atomic E-state index is 1.21. The molecule has 1 aromatic rings. The molecule has 0 atom stereocenters. The highest BCUT2D eigenvalue weighted by atomic mass is 14.9. The van der Waals surface area contributed by atoms with Crippen molar-refractivity contribution in [2.75, 3.05) is 0 Å². The van der Waals surface area contributed by atoms with Gasteiger partial charge in [-0.15, -0.1) is 0 Å². The standard InChI is InChI=1S/C39H74N/c1-4-7-10-13-16-19-21-23-26-29-32-38-35-39(33-30-27-24-22-20-17-14-11-8-5-2)37-40(36-38)34-31-28-25-18-15-12-9-6-3/h35-37H,4-34H2,1-3H3/q+1. The first kappa shape index (κ1) is 37.2. The summed E-state index contributed by atoms with van der Waals surface area (Å²) < 4.78 is 2.56. The molecule has 0 saturated heterocycles. The van der Waals surface area contributed by atoms with Crippen molar-refractivity contribution < 1.29 is 4.57 Å². The van der Waals surface area contributed by atoms with E-state index in [-0.39, 0.29) is 0 Å². The highest BCUT2D eigenvalue weighted by molar-refractivity contribution is 5.15. The van der Waals surface area contributed by atoms with Gasteiger partial charge in [0.05, 0.1) is 0 Å². The Kier molecular flexibility index (Phi) is 27.5. The van der Waals surface area contributed by atoms with Crippen LogP contribution < -0.4 is 4.57 Å². The predicted octanol–water partition coefficient (Wildman–Crippen LogP) is 13.0. The minimum atomic E-state index is 1.21. The van der Waals surface area contributed by atoms with Crippen LogP contribution in [0.5, 0.6) is 0 Å². The van der Waals surface area contributed by atoms with E-state index in [1.54, 1.807) is 11.1 Å². The largest absolute Gasteiger partial charge is 0.205 e. The van der Waals surface area contributed by atoms with Gasteiger partial charge in [-0.3, -0.25) is 0 Å². The lowest BCUT2D eigenvalue weighted by Crippen LogP contribution is -2.34. The Morgan fingerprint density at radius 1 is 0.350 bits per heavy atom. The monoisotopic (exact) mass is 557 g/mol. The highest BCUT2D eigenvalue weighted by Gasteiger charge is 2.09. The van der Waals surface area contributed by atoms with E-state index in [2.05, 4.69) is 43.8 Å². The molecule has 0 fully saturated rings. The number of unbranched alkanes of at least 4 members (excludes halogenated alkanes) is 25. The normalized spacial score (nSPS) is 11.5. The van der Waals surface area contributed by atoms with Gasteiger partial charge in [0.1, 0.15) is 6.54 Å². The molecule has 40 heavy (non-hydrogen) atoms. The number of hydrogen-bond donors (Lipinski definition) is 0. The van der Waals surface area contributed by atoms with Crippen LogP contribution in [0, 0.1) is 0 Å². The Labute approximate surface area is 253 Å². The van der Waals surface area contributed by atoms with E-state index in [1.807, 2.05) is 0 Å². The number of pyridine rings is 1. The topological polar surface area (TPSA) is 3.88 Å². The van der Waals surface area contributed by atoms with E-state index in [0.717, 1.165) is 0 Å². The van der Waals surface area contributed by atoms with E-state index < -0.39 is 0 Å². The van der Waals surface area contributed by atoms with Crippen LogP contribution in [0.25, 0.3) is 0 Å². The molecule has 0 aliphatic rings. The van der Waals surface area contributed by atoms with E-state index >= 15 is 0 Å². The SMILES string of the molecule is CCCCCCCCCCCCc1cc(CCCCCCCCCCCC)c[n+](CCCCCCCCCC)c1. The van der Waals surface area contributed by atoms with Gasteiger partial charge in [-0.1, -0.05) is 175 Å². The summed E-state index contributed by atoms with van der Waals surface area (Å²) in [6.45, 7) is 8.15. The summed E-state index contributed by atoms with van der Waals surface area (Å²) in [4.78, 5) is 0. The molecule has 1 aromatic heterocycles. The van der Waals surface area contributed by atoms with Crippen LogP contribution in [0.3, 0.4) is 0 Å². The molecule has 0 N–H and O–H groups in total. The van der Waals surface area contributed by atoms with Crippen LogP contribution in [0.15, 0.2) is 18.5 Å². The lowest BCUT2D eigenvalue weighted by Gasteiger charge is -2.07. The first-order chi connectivity index (χ1) is 19.8. The summed E-state index contributed by atoms with van der Waals surface area (Å²) in [7, 11) is 0. The maximum absolute atomic E-state index is 2.56. The van der Waals surface area contributed by atoms with Gasteiger partial charge in [0.2, 0.25) is 0 Å². The number of aromatic nitrogens is 1. The van der Waals surface area contributed by atoms with Gasteiger partial charge in [0.15, 0.2) is 12.4 Å². The van der Waals surface area contributed by atoms with Crippen molar-refractivity contribution in [3.63, 3.8) is 0 Å². The van der Waals surface area contributed by atoms with E-state index in [1.165, 1.54) is 199 Å². The molecule has 0 aliphatic heterocycles. The maximum atomic E-state index is 2.56. The average molecular weight is 557 g/mol. The molecule has 0 aromatic carbocycles. The fourth-order valence-corrected chi connectivity index (χ4v) is 6.24. The van der Waals surface area contributed by atoms with Gasteiger partial charge in [-0.25, -0.2) is 4.57 Å². The van der Waals surface area contributed by atoms with Gasteiger partial charge >= 0.3 is 0 Å². The van der Waals surface area contributed by atoms with Crippen LogP contribution in [-0.4, -0.2) is 0 Å². The second-order valence-electron chi connectivity index (χ2n) is 13.1. The Morgan fingerprint density at radius 3 is 0.950 bits per heavy atom. The van der Waals surface area contributed by atoms with Crippen molar-refractivity contribution in [2.24, 2.45) is 0 Å². The highest BCUT2D eigenvalue weighted by Crippen LogP contribution is 2.16. The third-order valence-electron chi connectivity index (χ3n) is 8.94. The van der Waals surface area contributed by atoms with Crippen LogP contribution in [0.1, 0.15) is 212 Å². The smallest absolute Gasteiger partial charge is 0.171 e. The number of rotatable bonds is 31. The van der Waals surface area contributed by atoms with Gasteiger partial charge < -0.3 is 0 Å². The van der Waals surface area contributed by atoms with Crippen molar-refractivity contribution >= 4 is 0 Å². The van der Waals surface area contributed by atoms with Crippen LogP contribution in [0.4, 0.5) is 0 Å². The van der Waals surface area contributed by atoms with Crippen LogP contribution in [0.2, 0.25) is 0 Å². The fraction of sp³-hybridized carbons (Fsp3) is 0.872. The Balaban J connectivity index is 2.36. The van der Waals surface area contributed by atoms with Crippen molar-refractivity contribution in [1.82, 2.24) is 0 Å². The second-order valence-corrected chi connectivity index (χ2v) is 13.1. The zero-order valence-electron chi connectivity index (χ0n) is 28.1. The van der Waals surface area contributed by atoms with E-state index in [4.69, 9.17) is 0 Å². The molecule has 0 saturated carbocycles. The van der Waals surface area contributed by atoms with E-state index in [9.17, 15) is 0 Å². The molecular weight excluding hydrogens is 482 g/mol. The summed E-state index contributed by atoms with van der Waals surface area (Å²) in [5, 5.41) is 0. The average Bonchev–Trinajstić information content (AvgIpc) is 2.96. The van der Waals surface area contributed by atoms with Crippen LogP contribution >= 0.6 is 0 Å². The van der Waals surface area contributed by atoms with Crippen molar-refractivity contribution in [3.8, 4) is 0 Å². The third-order valence-corrected chi connectivity index (χ3v) is 8.94. The van der Waals surface area contributed by atoms with Gasteiger partial charge in [-0.05, 0) is 38.2 Å². The molecule has 1 heteroatoms. The zero-order chi connectivity index (χ0) is 28.8. The molecular formula is C39H74N+. The first-order valence-electron chi connectivity index (χ1n) is 18.8. The minimum Gasteiger partial charge on any atom is -0.205 e. The number of hydrogen-bond acceptors (Lipinski definition) is 0. The Hall–Kier alpha value is -0.850. The van der Waals surface area contributed by atoms with Crippen molar-refractivity contribution in [3.05, 3.63) is 29.6 Å². The summed E-state index contributed by atoms with van der Waals surface area (Å²) in [6.07, 6.45) is 47.4. The summed E-state index contributed by atoms with van der Waals surface area (Å²) >= 11 is 0. The molecule has 0 aliphatic carbocycles. The molecule has 0 amide bonds.